The fraction of sp³-hybridized carbons (Fsp3) is 0.323. The summed E-state index contributed by atoms with van der Waals surface area (Å²) in [6.07, 6.45) is -0.676. The highest BCUT2D eigenvalue weighted by molar-refractivity contribution is 5.65. The molecule has 0 aliphatic carbocycles. The van der Waals surface area contributed by atoms with Gasteiger partial charge in [-0.25, -0.2) is 4.68 Å². The minimum absolute atomic E-state index is 0.226. The van der Waals surface area contributed by atoms with Crippen LogP contribution >= 0.6 is 0 Å². The van der Waals surface area contributed by atoms with Gasteiger partial charge in [0, 0.05) is 45.4 Å². The second-order valence-corrected chi connectivity index (χ2v) is 9.29. The lowest BCUT2D eigenvalue weighted by molar-refractivity contribution is 0.00472. The number of methoxy groups -OCH3 is 2. The number of hydrogen-bond donors (Lipinski definition) is 1. The molecule has 206 valence electrons. The fourth-order valence-corrected chi connectivity index (χ4v) is 4.34. The Morgan fingerprint density at radius 2 is 1.64 bits per heavy atom. The van der Waals surface area contributed by atoms with Crippen molar-refractivity contribution in [3.05, 3.63) is 96.1 Å². The van der Waals surface area contributed by atoms with Gasteiger partial charge in [0.1, 0.15) is 17.2 Å². The molecule has 8 heteroatoms. The second kappa shape index (κ2) is 14.5. The van der Waals surface area contributed by atoms with Crippen molar-refractivity contribution in [2.45, 2.75) is 19.3 Å². The maximum atomic E-state index is 10.9. The van der Waals surface area contributed by atoms with Crippen LogP contribution < -0.4 is 9.47 Å². The van der Waals surface area contributed by atoms with Crippen LogP contribution in [0.1, 0.15) is 11.1 Å². The van der Waals surface area contributed by atoms with E-state index in [0.717, 1.165) is 22.4 Å². The average Bonchev–Trinajstić information content (AvgIpc) is 3.27. The lowest BCUT2D eigenvalue weighted by Gasteiger charge is -2.25. The number of rotatable bonds is 15. The molecule has 0 amide bonds. The molecule has 4 aromatic rings. The van der Waals surface area contributed by atoms with E-state index in [1.165, 1.54) is 0 Å². The smallest absolute Gasteiger partial charge is 0.222 e. The first-order valence-electron chi connectivity index (χ1n) is 13.0. The summed E-state index contributed by atoms with van der Waals surface area (Å²) in [4.78, 5) is 2.14. The van der Waals surface area contributed by atoms with Crippen LogP contribution in [0.4, 0.5) is 0 Å². The molecule has 0 radical (unpaired) electrons. The zero-order valence-corrected chi connectivity index (χ0v) is 22.8. The van der Waals surface area contributed by atoms with E-state index in [1.807, 2.05) is 92.0 Å². The van der Waals surface area contributed by atoms with Crippen molar-refractivity contribution in [1.29, 1.82) is 0 Å². The Bertz CT molecular complexity index is 1280. The first-order valence-corrected chi connectivity index (χ1v) is 13.0. The van der Waals surface area contributed by atoms with E-state index in [1.54, 1.807) is 18.9 Å². The Hall–Kier alpha value is -3.69. The summed E-state index contributed by atoms with van der Waals surface area (Å²) in [6, 6.07) is 27.5. The van der Waals surface area contributed by atoms with Gasteiger partial charge < -0.3 is 24.1 Å². The van der Waals surface area contributed by atoms with Crippen LogP contribution in [-0.4, -0.2) is 66.4 Å². The van der Waals surface area contributed by atoms with E-state index in [-0.39, 0.29) is 6.61 Å². The molecule has 0 saturated carbocycles. The quantitative estimate of drug-likeness (QED) is 0.233. The van der Waals surface area contributed by atoms with Gasteiger partial charge in [0.05, 0.1) is 38.6 Å². The van der Waals surface area contributed by atoms with E-state index in [4.69, 9.17) is 24.0 Å². The topological polar surface area (TPSA) is 78.2 Å². The molecule has 0 bridgehead atoms. The van der Waals surface area contributed by atoms with Crippen molar-refractivity contribution in [2.75, 3.05) is 40.5 Å². The van der Waals surface area contributed by atoms with Crippen LogP contribution in [0, 0.1) is 0 Å². The maximum Gasteiger partial charge on any atom is 0.222 e. The summed E-state index contributed by atoms with van der Waals surface area (Å²) in [5, 5.41) is 15.7. The molecular weight excluding hydrogens is 494 g/mol. The van der Waals surface area contributed by atoms with Crippen molar-refractivity contribution in [2.24, 2.45) is 7.05 Å². The van der Waals surface area contributed by atoms with Gasteiger partial charge in [0.25, 0.3) is 0 Å². The Balaban J connectivity index is 1.56. The van der Waals surface area contributed by atoms with Gasteiger partial charge in [0.15, 0.2) is 0 Å². The van der Waals surface area contributed by atoms with Crippen molar-refractivity contribution in [3.63, 3.8) is 0 Å². The Labute approximate surface area is 230 Å². The summed E-state index contributed by atoms with van der Waals surface area (Å²) in [5.74, 6) is 1.98. The number of ether oxygens (including phenoxy) is 4. The van der Waals surface area contributed by atoms with E-state index in [2.05, 4.69) is 4.90 Å². The first-order chi connectivity index (χ1) is 19.1. The summed E-state index contributed by atoms with van der Waals surface area (Å²) in [7, 11) is 5.18. The van der Waals surface area contributed by atoms with Gasteiger partial charge >= 0.3 is 0 Å². The van der Waals surface area contributed by atoms with E-state index in [0.29, 0.717) is 50.2 Å². The number of aliphatic hydroxyl groups is 1. The third-order valence-corrected chi connectivity index (χ3v) is 6.27. The SMILES string of the molecule is COCCN(Cc1c(-c2ccccc2)nn(C)c1Oc1cccc(OC)c1)CC(O)COCc1ccccc1. The zero-order chi connectivity index (χ0) is 27.5. The van der Waals surface area contributed by atoms with Crippen LogP contribution in [-0.2, 0) is 29.7 Å². The Morgan fingerprint density at radius 3 is 2.36 bits per heavy atom. The fourth-order valence-electron chi connectivity index (χ4n) is 4.34. The molecular formula is C31H37N3O5. The Kier molecular flexibility index (Phi) is 10.5. The number of aliphatic hydroxyl groups excluding tert-OH is 1. The van der Waals surface area contributed by atoms with Gasteiger partial charge in [-0.1, -0.05) is 66.7 Å². The third-order valence-electron chi connectivity index (χ3n) is 6.27. The van der Waals surface area contributed by atoms with Gasteiger partial charge in [-0.2, -0.15) is 5.10 Å². The minimum atomic E-state index is -0.676. The largest absolute Gasteiger partial charge is 0.497 e. The average molecular weight is 532 g/mol. The highest BCUT2D eigenvalue weighted by Crippen LogP contribution is 2.35. The zero-order valence-electron chi connectivity index (χ0n) is 22.8. The number of benzene rings is 3. The normalized spacial score (nSPS) is 12.0. The van der Waals surface area contributed by atoms with Gasteiger partial charge in [-0.05, 0) is 17.7 Å². The molecule has 39 heavy (non-hydrogen) atoms. The van der Waals surface area contributed by atoms with Crippen LogP contribution in [0.3, 0.4) is 0 Å². The molecule has 0 aliphatic heterocycles. The predicted molar refractivity (Wildman–Crippen MR) is 151 cm³/mol. The molecule has 3 aromatic carbocycles. The van der Waals surface area contributed by atoms with Crippen molar-refractivity contribution in [3.8, 4) is 28.6 Å². The molecule has 4 rings (SSSR count). The van der Waals surface area contributed by atoms with Gasteiger partial charge in [0.2, 0.25) is 5.88 Å². The predicted octanol–water partition coefficient (Wildman–Crippen LogP) is 4.91. The summed E-state index contributed by atoms with van der Waals surface area (Å²) in [6.45, 7) is 2.72. The first kappa shape index (κ1) is 28.3. The van der Waals surface area contributed by atoms with Crippen molar-refractivity contribution in [1.82, 2.24) is 14.7 Å². The third kappa shape index (κ3) is 8.15. The van der Waals surface area contributed by atoms with Crippen molar-refractivity contribution < 1.29 is 24.1 Å². The summed E-state index contributed by atoms with van der Waals surface area (Å²) < 4.78 is 24.7. The van der Waals surface area contributed by atoms with E-state index >= 15 is 0 Å². The molecule has 1 N–H and O–H groups in total. The van der Waals surface area contributed by atoms with Crippen LogP contribution in [0.2, 0.25) is 0 Å². The maximum absolute atomic E-state index is 10.9. The molecule has 1 heterocycles. The summed E-state index contributed by atoms with van der Waals surface area (Å²) >= 11 is 0. The second-order valence-electron chi connectivity index (χ2n) is 9.29. The molecule has 8 nitrogen and oxygen atoms in total. The number of hydrogen-bond acceptors (Lipinski definition) is 7. The van der Waals surface area contributed by atoms with Crippen molar-refractivity contribution >= 4 is 0 Å². The van der Waals surface area contributed by atoms with Crippen LogP contribution in [0.25, 0.3) is 11.3 Å². The van der Waals surface area contributed by atoms with Crippen LogP contribution in [0.15, 0.2) is 84.9 Å². The van der Waals surface area contributed by atoms with Gasteiger partial charge in [-0.3, -0.25) is 4.90 Å². The highest BCUT2D eigenvalue weighted by Gasteiger charge is 2.23. The standard InChI is InChI=1S/C31H37N3O5/c1-33-31(39-28-16-10-15-27(19-28)37-3)29(30(32-33)25-13-8-5-9-14-25)21-34(17-18-36-2)20-26(35)23-38-22-24-11-6-4-7-12-24/h4-16,19,26,35H,17-18,20-23H2,1-3H3. The molecule has 1 aromatic heterocycles. The number of aryl methyl sites for hydroxylation is 1. The minimum Gasteiger partial charge on any atom is -0.497 e. The molecule has 0 fully saturated rings. The highest BCUT2D eigenvalue weighted by atomic mass is 16.5. The molecule has 1 unspecified atom stereocenters. The molecule has 0 saturated heterocycles. The molecule has 1 atom stereocenters. The number of aromatic nitrogens is 2. The van der Waals surface area contributed by atoms with Crippen LogP contribution in [0.5, 0.6) is 17.4 Å². The molecule has 0 spiro atoms. The summed E-state index contributed by atoms with van der Waals surface area (Å²) in [5.41, 5.74) is 3.80. The van der Waals surface area contributed by atoms with E-state index < -0.39 is 6.10 Å². The number of nitrogens with zero attached hydrogens (tertiary/aromatic N) is 3. The monoisotopic (exact) mass is 531 g/mol. The van der Waals surface area contributed by atoms with Gasteiger partial charge in [-0.15, -0.1) is 0 Å². The lowest BCUT2D eigenvalue weighted by atomic mass is 10.1. The molecule has 0 aliphatic rings. The lowest BCUT2D eigenvalue weighted by Crippen LogP contribution is -2.36. The Morgan fingerprint density at radius 1 is 0.923 bits per heavy atom. The van der Waals surface area contributed by atoms with E-state index in [9.17, 15) is 5.11 Å².